The van der Waals surface area contributed by atoms with Crippen LogP contribution in [0.15, 0.2) is 0 Å². The van der Waals surface area contributed by atoms with Crippen LogP contribution in [0, 0.1) is 0 Å². The molecular weight excluding hydrogens is 723 g/mol. The fourth-order valence-corrected chi connectivity index (χ4v) is 8.35. The highest BCUT2D eigenvalue weighted by molar-refractivity contribution is 7.47. The highest BCUT2D eigenvalue weighted by Crippen LogP contribution is 2.43. The predicted octanol–water partition coefficient (Wildman–Crippen LogP) is 12.8. The Hall–Kier alpha value is -0.540. The summed E-state index contributed by atoms with van der Waals surface area (Å²) in [6.07, 6.45) is 42.9. The van der Waals surface area contributed by atoms with Crippen molar-refractivity contribution in [2.75, 3.05) is 19.8 Å². The monoisotopic (exact) mass is 819 g/mol. The van der Waals surface area contributed by atoms with Gasteiger partial charge in [0.2, 0.25) is 5.91 Å². The molecule has 0 aliphatic heterocycles. The van der Waals surface area contributed by atoms with Crippen molar-refractivity contribution in [3.05, 3.63) is 0 Å². The van der Waals surface area contributed by atoms with Crippen molar-refractivity contribution >= 4 is 13.7 Å². The molecule has 0 aliphatic rings. The van der Waals surface area contributed by atoms with E-state index in [0.29, 0.717) is 12.8 Å². The van der Waals surface area contributed by atoms with Crippen LogP contribution in [0.3, 0.4) is 0 Å². The van der Waals surface area contributed by atoms with Gasteiger partial charge in [0.1, 0.15) is 0 Å². The molecule has 0 saturated carbocycles. The molecule has 4 unspecified atom stereocenters. The maximum absolute atomic E-state index is 12.9. The number of carbonyl (C=O) groups excluding carboxylic acids is 1. The molecule has 56 heavy (non-hydrogen) atoms. The molecular formula is C46H95N2O7P. The molecule has 9 nitrogen and oxygen atoms in total. The zero-order valence-corrected chi connectivity index (χ0v) is 37.9. The number of carbonyl (C=O) groups is 1. The van der Waals surface area contributed by atoms with Crippen LogP contribution < -0.4 is 11.1 Å². The van der Waals surface area contributed by atoms with E-state index in [1.54, 1.807) is 0 Å². The number of aliphatic hydroxyl groups excluding tert-OH is 2. The van der Waals surface area contributed by atoms with Crippen LogP contribution in [-0.4, -0.2) is 59.0 Å². The zero-order valence-electron chi connectivity index (χ0n) is 37.0. The van der Waals surface area contributed by atoms with Gasteiger partial charge in [-0.1, -0.05) is 232 Å². The lowest BCUT2D eigenvalue weighted by atomic mass is 10.0. The van der Waals surface area contributed by atoms with Crippen LogP contribution in [0.4, 0.5) is 0 Å². The Bertz CT molecular complexity index is 867. The van der Waals surface area contributed by atoms with Gasteiger partial charge in [-0.15, -0.1) is 0 Å². The lowest BCUT2D eigenvalue weighted by Crippen LogP contribution is -2.47. The van der Waals surface area contributed by atoms with E-state index in [9.17, 15) is 24.5 Å². The summed E-state index contributed by atoms with van der Waals surface area (Å²) in [6, 6.07) is -0.891. The molecule has 0 bridgehead atoms. The number of nitrogens with two attached hydrogens (primary N) is 1. The summed E-state index contributed by atoms with van der Waals surface area (Å²) < 4.78 is 22.2. The van der Waals surface area contributed by atoms with E-state index in [-0.39, 0.29) is 26.2 Å². The first-order valence-corrected chi connectivity index (χ1v) is 25.7. The van der Waals surface area contributed by atoms with Gasteiger partial charge in [0.05, 0.1) is 37.9 Å². The third kappa shape index (κ3) is 40.2. The lowest BCUT2D eigenvalue weighted by Gasteiger charge is -2.25. The standard InChI is InChI=1S/C46H95N2O7P/c1-3-5-7-9-11-13-15-17-19-21-22-23-25-27-29-31-33-35-37-43(49)41-46(51)48-44(42-55-56(52,53)54-40-39-47)45(50)38-36-34-32-30-28-26-24-20-18-16-14-12-10-8-6-4-2/h43-45,49-50H,3-42,47H2,1-2H3,(H,48,51)(H,52,53). The minimum Gasteiger partial charge on any atom is -0.393 e. The molecule has 0 rings (SSSR count). The summed E-state index contributed by atoms with van der Waals surface area (Å²) in [5.74, 6) is -0.407. The van der Waals surface area contributed by atoms with Gasteiger partial charge in [0.25, 0.3) is 0 Å². The maximum atomic E-state index is 12.9. The van der Waals surface area contributed by atoms with Crippen molar-refractivity contribution in [2.24, 2.45) is 5.73 Å². The Morgan fingerprint density at radius 3 is 1.20 bits per heavy atom. The van der Waals surface area contributed by atoms with Crippen molar-refractivity contribution in [2.45, 2.75) is 270 Å². The second kappa shape index (κ2) is 42.6. The number of aliphatic hydroxyl groups is 2. The molecule has 0 spiro atoms. The van der Waals surface area contributed by atoms with Crippen LogP contribution in [0.25, 0.3) is 0 Å². The summed E-state index contributed by atoms with van der Waals surface area (Å²) in [7, 11) is -4.37. The summed E-state index contributed by atoms with van der Waals surface area (Å²) >= 11 is 0. The van der Waals surface area contributed by atoms with Crippen molar-refractivity contribution in [3.63, 3.8) is 0 Å². The summed E-state index contributed by atoms with van der Waals surface area (Å²) in [4.78, 5) is 22.8. The minimum atomic E-state index is -4.37. The van der Waals surface area contributed by atoms with Gasteiger partial charge in [-0.3, -0.25) is 13.8 Å². The molecule has 0 aliphatic carbocycles. The Morgan fingerprint density at radius 2 is 0.857 bits per heavy atom. The van der Waals surface area contributed by atoms with Crippen LogP contribution in [0.1, 0.15) is 251 Å². The van der Waals surface area contributed by atoms with Crippen molar-refractivity contribution in [1.29, 1.82) is 0 Å². The highest BCUT2D eigenvalue weighted by Gasteiger charge is 2.28. The third-order valence-corrected chi connectivity index (χ3v) is 12.2. The van der Waals surface area contributed by atoms with Gasteiger partial charge in [-0.05, 0) is 12.8 Å². The van der Waals surface area contributed by atoms with E-state index >= 15 is 0 Å². The molecule has 0 saturated heterocycles. The number of rotatable bonds is 46. The van der Waals surface area contributed by atoms with Gasteiger partial charge in [0, 0.05) is 6.54 Å². The number of unbranched alkanes of at least 4 members (excludes halogenated alkanes) is 32. The Morgan fingerprint density at radius 1 is 0.536 bits per heavy atom. The largest absolute Gasteiger partial charge is 0.472 e. The number of nitrogens with one attached hydrogen (secondary N) is 1. The molecule has 0 aromatic rings. The molecule has 10 heteroatoms. The molecule has 4 atom stereocenters. The second-order valence-corrected chi connectivity index (χ2v) is 18.3. The average Bonchev–Trinajstić information content (AvgIpc) is 3.17. The zero-order chi connectivity index (χ0) is 41.2. The van der Waals surface area contributed by atoms with E-state index in [1.807, 2.05) is 0 Å². The van der Waals surface area contributed by atoms with E-state index in [0.717, 1.165) is 38.5 Å². The van der Waals surface area contributed by atoms with Gasteiger partial charge in [-0.2, -0.15) is 0 Å². The molecule has 0 radical (unpaired) electrons. The van der Waals surface area contributed by atoms with Crippen molar-refractivity contribution < 1.29 is 33.5 Å². The van der Waals surface area contributed by atoms with Crippen LogP contribution in [-0.2, 0) is 18.4 Å². The van der Waals surface area contributed by atoms with E-state index in [2.05, 4.69) is 19.2 Å². The Balaban J connectivity index is 4.15. The van der Waals surface area contributed by atoms with Crippen molar-refractivity contribution in [3.8, 4) is 0 Å². The third-order valence-electron chi connectivity index (χ3n) is 11.3. The lowest BCUT2D eigenvalue weighted by molar-refractivity contribution is -0.125. The first kappa shape index (κ1) is 55.5. The fraction of sp³-hybridized carbons (Fsp3) is 0.978. The quantitative estimate of drug-likeness (QED) is 0.0301. The maximum Gasteiger partial charge on any atom is 0.472 e. The number of phosphoric ester groups is 1. The minimum absolute atomic E-state index is 0.0628. The number of hydrogen-bond donors (Lipinski definition) is 5. The molecule has 0 heterocycles. The Kier molecular flexibility index (Phi) is 42.2. The summed E-state index contributed by atoms with van der Waals surface area (Å²) in [5.41, 5.74) is 5.38. The molecule has 1 amide bonds. The predicted molar refractivity (Wildman–Crippen MR) is 237 cm³/mol. The van der Waals surface area contributed by atoms with Gasteiger partial charge < -0.3 is 26.2 Å². The molecule has 0 fully saturated rings. The average molecular weight is 819 g/mol. The van der Waals surface area contributed by atoms with Gasteiger partial charge >= 0.3 is 7.82 Å². The van der Waals surface area contributed by atoms with E-state index in [4.69, 9.17) is 14.8 Å². The van der Waals surface area contributed by atoms with Crippen molar-refractivity contribution in [1.82, 2.24) is 5.32 Å². The topological polar surface area (TPSA) is 151 Å². The molecule has 0 aromatic heterocycles. The number of phosphoric acid groups is 1. The van der Waals surface area contributed by atoms with E-state index < -0.39 is 32.0 Å². The van der Waals surface area contributed by atoms with Gasteiger partial charge in [0.15, 0.2) is 0 Å². The first-order valence-electron chi connectivity index (χ1n) is 24.2. The van der Waals surface area contributed by atoms with Crippen LogP contribution in [0.5, 0.6) is 0 Å². The summed E-state index contributed by atoms with van der Waals surface area (Å²) in [5, 5.41) is 24.3. The highest BCUT2D eigenvalue weighted by atomic mass is 31.2. The number of amides is 1. The fourth-order valence-electron chi connectivity index (χ4n) is 7.59. The van der Waals surface area contributed by atoms with Crippen LogP contribution in [0.2, 0.25) is 0 Å². The van der Waals surface area contributed by atoms with E-state index in [1.165, 1.54) is 180 Å². The smallest absolute Gasteiger partial charge is 0.393 e. The molecule has 6 N–H and O–H groups in total. The number of hydrogen-bond acceptors (Lipinski definition) is 7. The van der Waals surface area contributed by atoms with Gasteiger partial charge in [-0.25, -0.2) is 4.57 Å². The van der Waals surface area contributed by atoms with Crippen LogP contribution >= 0.6 is 7.82 Å². The normalized spacial score (nSPS) is 14.5. The first-order chi connectivity index (χ1) is 27.3. The second-order valence-electron chi connectivity index (χ2n) is 16.9. The molecule has 336 valence electrons. The Labute approximate surface area is 346 Å². The SMILES string of the molecule is CCCCCCCCCCCCCCCCCCCCC(O)CC(=O)NC(COP(=O)(O)OCCN)C(O)CCCCCCCCCCCCCCCCCC. The molecule has 0 aromatic carbocycles. The summed E-state index contributed by atoms with van der Waals surface area (Å²) in [6.45, 7) is 4.09.